The maximum absolute atomic E-state index is 11.1. The number of aromatic hydroxyl groups is 2. The number of ketones is 1. The normalized spacial score (nSPS) is 10.9. The minimum Gasteiger partial charge on any atom is -0.507 e. The standard InChI is InChI=1S/C26H14Br2O2.C10H8O2.C8H6Br2O/c27-19-7-1-15(2-8-19)23-13-17-5-11-22-21(25(17)29-23)12-6-18-14-24(30-26(18)22)16-3-9-20(28)10-4-16;11-9-5-1-3-7-8(9)4-2-6-10(7)12;9-5-8(11)6-1-3-7(10)4-2-6/h1-14H;1-6,11-12H;1-4H,5H2. The smallest absolute Gasteiger partial charge is 0.173 e. The molecule has 2 aromatic heterocycles. The topological polar surface area (TPSA) is 83.8 Å². The minimum absolute atomic E-state index is 0.109. The van der Waals surface area contributed by atoms with Gasteiger partial charge in [-0.3, -0.25) is 4.79 Å². The fourth-order valence-corrected chi connectivity index (χ4v) is 7.02. The maximum atomic E-state index is 11.1. The van der Waals surface area contributed by atoms with Crippen molar-refractivity contribution in [3.63, 3.8) is 0 Å². The van der Waals surface area contributed by atoms with Gasteiger partial charge in [-0.15, -0.1) is 0 Å². The number of benzene rings is 7. The molecule has 0 atom stereocenters. The van der Waals surface area contributed by atoms with Crippen LogP contribution in [0.3, 0.4) is 0 Å². The number of Topliss-reactive ketones (excluding diaryl/α,β-unsaturated/α-hetero) is 1. The Kier molecular flexibility index (Phi) is 11.2. The van der Waals surface area contributed by atoms with Crippen LogP contribution in [0, 0.1) is 0 Å². The first kappa shape index (κ1) is 36.7. The molecular formula is C44H28Br4O5. The second-order valence-corrected chi connectivity index (χ2v) is 15.3. The Morgan fingerprint density at radius 1 is 0.491 bits per heavy atom. The first-order chi connectivity index (χ1) is 25.7. The van der Waals surface area contributed by atoms with E-state index in [0.717, 1.165) is 74.3 Å². The molecule has 5 nitrogen and oxygen atoms in total. The zero-order chi connectivity index (χ0) is 37.1. The molecule has 53 heavy (non-hydrogen) atoms. The summed E-state index contributed by atoms with van der Waals surface area (Å²) in [5.41, 5.74) is 4.62. The number of carbonyl (C=O) groups is 1. The van der Waals surface area contributed by atoms with Crippen LogP contribution in [0.15, 0.2) is 168 Å². The van der Waals surface area contributed by atoms with Gasteiger partial charge >= 0.3 is 0 Å². The molecule has 0 saturated heterocycles. The van der Waals surface area contributed by atoms with E-state index in [1.807, 2.05) is 36.4 Å². The van der Waals surface area contributed by atoms with Gasteiger partial charge in [-0.05, 0) is 72.8 Å². The van der Waals surface area contributed by atoms with Gasteiger partial charge in [0.15, 0.2) is 5.78 Å². The van der Waals surface area contributed by atoms with Crippen molar-refractivity contribution in [1.82, 2.24) is 0 Å². The Balaban J connectivity index is 0.000000155. The van der Waals surface area contributed by atoms with E-state index in [1.165, 1.54) is 0 Å². The van der Waals surface area contributed by atoms with Crippen molar-refractivity contribution in [3.05, 3.63) is 165 Å². The van der Waals surface area contributed by atoms with Crippen molar-refractivity contribution >= 4 is 113 Å². The third kappa shape index (κ3) is 8.14. The average molecular weight is 956 g/mol. The summed E-state index contributed by atoms with van der Waals surface area (Å²) in [4.78, 5) is 11.1. The van der Waals surface area contributed by atoms with Crippen LogP contribution in [0.1, 0.15) is 10.4 Å². The SMILES string of the molecule is Brc1ccc(-c2cc3ccc4c(ccc5cc(-c6ccc(Br)cc6)oc54)c3o2)cc1.O=C(CBr)c1ccc(Br)cc1.Oc1cccc2c(O)cccc12. The molecule has 0 unspecified atom stereocenters. The summed E-state index contributed by atoms with van der Waals surface area (Å²) in [7, 11) is 0. The highest BCUT2D eigenvalue weighted by Gasteiger charge is 2.14. The third-order valence-corrected chi connectivity index (χ3v) is 10.7. The largest absolute Gasteiger partial charge is 0.507 e. The predicted molar refractivity (Wildman–Crippen MR) is 229 cm³/mol. The molecule has 2 heterocycles. The fourth-order valence-electron chi connectivity index (χ4n) is 5.90. The van der Waals surface area contributed by atoms with E-state index in [2.05, 4.69) is 124 Å². The average Bonchev–Trinajstić information content (AvgIpc) is 3.82. The number of furan rings is 2. The molecule has 7 aromatic carbocycles. The number of alkyl halides is 1. The molecule has 0 saturated carbocycles. The number of phenols is 2. The zero-order valence-corrected chi connectivity index (χ0v) is 34.0. The summed E-state index contributed by atoms with van der Waals surface area (Å²) in [6.45, 7) is 0. The Hall–Kier alpha value is -4.67. The van der Waals surface area contributed by atoms with Gasteiger partial charge in [0.1, 0.15) is 34.2 Å². The van der Waals surface area contributed by atoms with Crippen LogP contribution < -0.4 is 0 Å². The number of phenolic OH excluding ortho intramolecular Hbond substituents is 2. The Morgan fingerprint density at radius 3 is 1.28 bits per heavy atom. The summed E-state index contributed by atoms with van der Waals surface area (Å²) in [6.07, 6.45) is 0. The number of halogens is 4. The molecule has 0 radical (unpaired) electrons. The van der Waals surface area contributed by atoms with Crippen LogP contribution >= 0.6 is 63.7 Å². The van der Waals surface area contributed by atoms with E-state index in [9.17, 15) is 15.0 Å². The van der Waals surface area contributed by atoms with Crippen molar-refractivity contribution < 1.29 is 23.8 Å². The highest BCUT2D eigenvalue weighted by atomic mass is 79.9. The Bertz CT molecular complexity index is 2550. The second kappa shape index (κ2) is 16.1. The summed E-state index contributed by atoms with van der Waals surface area (Å²) >= 11 is 13.4. The molecule has 262 valence electrons. The van der Waals surface area contributed by atoms with Crippen LogP contribution in [0.2, 0.25) is 0 Å². The lowest BCUT2D eigenvalue weighted by molar-refractivity contribution is 0.102. The monoisotopic (exact) mass is 952 g/mol. The van der Waals surface area contributed by atoms with Crippen LogP contribution in [0.5, 0.6) is 11.5 Å². The van der Waals surface area contributed by atoms with Gasteiger partial charge < -0.3 is 19.0 Å². The van der Waals surface area contributed by atoms with E-state index in [1.54, 1.807) is 48.5 Å². The number of rotatable bonds is 4. The maximum Gasteiger partial charge on any atom is 0.173 e. The van der Waals surface area contributed by atoms with Gasteiger partial charge in [0.2, 0.25) is 0 Å². The van der Waals surface area contributed by atoms with Crippen LogP contribution in [-0.2, 0) is 0 Å². The van der Waals surface area contributed by atoms with Gasteiger partial charge in [-0.1, -0.05) is 137 Å². The minimum atomic E-state index is 0.109. The summed E-state index contributed by atoms with van der Waals surface area (Å²) in [5.74, 6) is 2.23. The second-order valence-electron chi connectivity index (χ2n) is 12.0. The lowest BCUT2D eigenvalue weighted by atomic mass is 10.1. The molecule has 0 fully saturated rings. The van der Waals surface area contributed by atoms with Crippen LogP contribution in [-0.4, -0.2) is 21.3 Å². The first-order valence-corrected chi connectivity index (χ1v) is 19.8. The van der Waals surface area contributed by atoms with E-state index < -0.39 is 0 Å². The number of hydrogen-bond donors (Lipinski definition) is 2. The molecule has 0 spiro atoms. The summed E-state index contributed by atoms with van der Waals surface area (Å²) in [6, 6.07) is 46.4. The quantitative estimate of drug-likeness (QED) is 0.136. The summed E-state index contributed by atoms with van der Waals surface area (Å²) < 4.78 is 15.7. The van der Waals surface area contributed by atoms with E-state index in [4.69, 9.17) is 8.83 Å². The lowest BCUT2D eigenvalue weighted by Gasteiger charge is -2.01. The zero-order valence-electron chi connectivity index (χ0n) is 27.7. The van der Waals surface area contributed by atoms with Crippen molar-refractivity contribution in [2.45, 2.75) is 0 Å². The Morgan fingerprint density at radius 2 is 0.887 bits per heavy atom. The van der Waals surface area contributed by atoms with Crippen LogP contribution in [0.25, 0.3) is 66.1 Å². The molecular weight excluding hydrogens is 928 g/mol. The van der Waals surface area contributed by atoms with E-state index in [-0.39, 0.29) is 17.3 Å². The molecule has 9 heteroatoms. The third-order valence-electron chi connectivity index (χ3n) is 8.58. The number of fused-ring (bicyclic) bond motifs is 6. The van der Waals surface area contributed by atoms with Gasteiger partial charge in [0.25, 0.3) is 0 Å². The predicted octanol–water partition coefficient (Wildman–Crippen LogP) is 14.5. The highest BCUT2D eigenvalue weighted by Crippen LogP contribution is 2.38. The molecule has 0 aliphatic carbocycles. The Labute approximate surface area is 338 Å². The number of carbonyl (C=O) groups excluding carboxylic acids is 1. The molecule has 0 aliphatic heterocycles. The fraction of sp³-hybridized carbons (Fsp3) is 0.0227. The first-order valence-electron chi connectivity index (χ1n) is 16.3. The van der Waals surface area contributed by atoms with Gasteiger partial charge in [0.05, 0.1) is 5.33 Å². The molecule has 9 rings (SSSR count). The van der Waals surface area contributed by atoms with Crippen molar-refractivity contribution in [3.8, 4) is 34.1 Å². The van der Waals surface area contributed by atoms with Gasteiger partial charge in [-0.2, -0.15) is 0 Å². The number of hydrogen-bond acceptors (Lipinski definition) is 5. The van der Waals surface area contributed by atoms with E-state index in [0.29, 0.717) is 16.1 Å². The van der Waals surface area contributed by atoms with Crippen molar-refractivity contribution in [2.24, 2.45) is 0 Å². The molecule has 0 bridgehead atoms. The van der Waals surface area contributed by atoms with Crippen LogP contribution in [0.4, 0.5) is 0 Å². The van der Waals surface area contributed by atoms with Crippen molar-refractivity contribution in [2.75, 3.05) is 5.33 Å². The molecule has 0 amide bonds. The van der Waals surface area contributed by atoms with Gasteiger partial charge in [0, 0.05) is 62.4 Å². The van der Waals surface area contributed by atoms with E-state index >= 15 is 0 Å². The highest BCUT2D eigenvalue weighted by molar-refractivity contribution is 9.11. The summed E-state index contributed by atoms with van der Waals surface area (Å²) in [5, 5.41) is 24.8. The van der Waals surface area contributed by atoms with Gasteiger partial charge in [-0.25, -0.2) is 0 Å². The molecule has 9 aromatic rings. The molecule has 2 N–H and O–H groups in total. The van der Waals surface area contributed by atoms with Crippen molar-refractivity contribution in [1.29, 1.82) is 0 Å². The molecule has 0 aliphatic rings. The lowest BCUT2D eigenvalue weighted by Crippen LogP contribution is -1.98.